The van der Waals surface area contributed by atoms with Crippen molar-refractivity contribution in [2.75, 3.05) is 6.54 Å². The number of benzene rings is 4. The van der Waals surface area contributed by atoms with Gasteiger partial charge in [0.25, 0.3) is 0 Å². The summed E-state index contributed by atoms with van der Waals surface area (Å²) in [7, 11) is 0. The van der Waals surface area contributed by atoms with Gasteiger partial charge in [0.2, 0.25) is 11.8 Å². The van der Waals surface area contributed by atoms with Crippen molar-refractivity contribution in [2.45, 2.75) is 38.1 Å². The normalized spacial score (nSPS) is 13.6. The van der Waals surface area contributed by atoms with Gasteiger partial charge in [0, 0.05) is 48.9 Å². The lowest BCUT2D eigenvalue weighted by Crippen LogP contribution is -2.52. The predicted octanol–water partition coefficient (Wildman–Crippen LogP) is 8.66. The maximum absolute atomic E-state index is 14.5. The van der Waals surface area contributed by atoms with Crippen molar-refractivity contribution >= 4 is 29.5 Å². The molecule has 0 bridgehead atoms. The third-order valence-corrected chi connectivity index (χ3v) is 9.01. The summed E-state index contributed by atoms with van der Waals surface area (Å²) < 4.78 is 39.4. The molecular formula is C40H33ClF3N3O2. The fourth-order valence-electron chi connectivity index (χ4n) is 6.03. The lowest BCUT2D eigenvalue weighted by molar-refractivity contribution is -0.144. The molecule has 1 aliphatic rings. The van der Waals surface area contributed by atoms with Gasteiger partial charge in [-0.25, -0.2) is 0 Å². The van der Waals surface area contributed by atoms with E-state index >= 15 is 0 Å². The predicted molar refractivity (Wildman–Crippen MR) is 185 cm³/mol. The topological polar surface area (TPSA) is 53.5 Å². The fraction of sp³-hybridized carbons (Fsp3) is 0.175. The molecule has 1 aliphatic heterocycles. The second-order valence-corrected chi connectivity index (χ2v) is 12.3. The molecule has 0 fully saturated rings. The summed E-state index contributed by atoms with van der Waals surface area (Å²) in [5, 5.41) is 0.671. The molecule has 0 saturated carbocycles. The van der Waals surface area contributed by atoms with E-state index in [4.69, 9.17) is 11.6 Å². The Morgan fingerprint density at radius 2 is 1.59 bits per heavy atom. The van der Waals surface area contributed by atoms with Gasteiger partial charge in [0.05, 0.1) is 11.3 Å². The highest BCUT2D eigenvalue weighted by Gasteiger charge is 2.34. The summed E-state index contributed by atoms with van der Waals surface area (Å²) in [5.74, 6) is -0.640. The van der Waals surface area contributed by atoms with Crippen LogP contribution in [0.1, 0.15) is 33.4 Å². The van der Waals surface area contributed by atoms with Crippen molar-refractivity contribution in [1.82, 2.24) is 14.8 Å². The Morgan fingerprint density at radius 1 is 0.857 bits per heavy atom. The minimum atomic E-state index is -4.47. The first-order chi connectivity index (χ1) is 23.7. The Bertz CT molecular complexity index is 1930. The first-order valence-electron chi connectivity index (χ1n) is 15.9. The van der Waals surface area contributed by atoms with Crippen LogP contribution in [0.3, 0.4) is 0 Å². The molecule has 5 aromatic rings. The van der Waals surface area contributed by atoms with E-state index in [-0.39, 0.29) is 18.9 Å². The van der Waals surface area contributed by atoms with Crippen LogP contribution in [0, 0.1) is 0 Å². The first kappa shape index (κ1) is 33.7. The van der Waals surface area contributed by atoms with Gasteiger partial charge < -0.3 is 9.80 Å². The van der Waals surface area contributed by atoms with Crippen LogP contribution < -0.4 is 0 Å². The van der Waals surface area contributed by atoms with Crippen molar-refractivity contribution in [2.24, 2.45) is 0 Å². The Labute approximate surface area is 288 Å². The first-order valence-corrected chi connectivity index (χ1v) is 16.3. The maximum Gasteiger partial charge on any atom is 0.416 e. The summed E-state index contributed by atoms with van der Waals surface area (Å²) in [6.07, 6.45) is 0.913. The Balaban J connectivity index is 1.34. The number of rotatable bonds is 9. The molecule has 0 radical (unpaired) electrons. The van der Waals surface area contributed by atoms with Crippen molar-refractivity contribution in [3.05, 3.63) is 166 Å². The van der Waals surface area contributed by atoms with Gasteiger partial charge in [-0.15, -0.1) is 0 Å². The van der Waals surface area contributed by atoms with Gasteiger partial charge in [0.1, 0.15) is 6.04 Å². The summed E-state index contributed by atoms with van der Waals surface area (Å²) in [6.45, 7) is 0.934. The third kappa shape index (κ3) is 8.27. The Hall–Kier alpha value is -5.21. The summed E-state index contributed by atoms with van der Waals surface area (Å²) >= 11 is 6.46. The molecule has 5 nitrogen and oxygen atoms in total. The molecule has 9 heteroatoms. The van der Waals surface area contributed by atoms with Gasteiger partial charge in [-0.3, -0.25) is 14.6 Å². The van der Waals surface area contributed by atoms with Gasteiger partial charge in [0.15, 0.2) is 0 Å². The van der Waals surface area contributed by atoms with Gasteiger partial charge >= 0.3 is 6.18 Å². The van der Waals surface area contributed by atoms with Crippen molar-refractivity contribution in [3.8, 4) is 11.3 Å². The third-order valence-electron chi connectivity index (χ3n) is 8.66. The van der Waals surface area contributed by atoms with Crippen LogP contribution in [-0.4, -0.2) is 39.2 Å². The monoisotopic (exact) mass is 679 g/mol. The summed E-state index contributed by atoms with van der Waals surface area (Å²) in [6, 6.07) is 32.3. The molecule has 1 aromatic heterocycles. The molecule has 0 N–H and O–H groups in total. The minimum Gasteiger partial charge on any atom is -0.336 e. The lowest BCUT2D eigenvalue weighted by atomic mass is 9.97. The lowest BCUT2D eigenvalue weighted by Gasteiger charge is -2.37. The zero-order valence-corrected chi connectivity index (χ0v) is 27.2. The smallest absolute Gasteiger partial charge is 0.336 e. The van der Waals surface area contributed by atoms with E-state index < -0.39 is 23.7 Å². The number of nitrogens with zero attached hydrogens (tertiary/aromatic N) is 3. The number of aromatic nitrogens is 1. The Kier molecular flexibility index (Phi) is 10.3. The van der Waals surface area contributed by atoms with Crippen LogP contribution in [0.5, 0.6) is 0 Å². The number of fused-ring (bicyclic) bond motifs is 1. The fourth-order valence-corrected chi connectivity index (χ4v) is 6.32. The molecule has 2 amide bonds. The SMILES string of the molecule is O=C([C@H](Cc1ccccc1)N(Cc1ccc(-c2ccccn2)cc1)C(=O)C=Cc1ccc(C(F)(F)F)cc1)N1CCc2c(Cl)cccc2C1. The van der Waals surface area contributed by atoms with E-state index in [1.54, 1.807) is 16.0 Å². The number of hydrogen-bond acceptors (Lipinski definition) is 3. The molecule has 0 saturated heterocycles. The number of amides is 2. The number of hydrogen-bond donors (Lipinski definition) is 0. The van der Waals surface area contributed by atoms with E-state index in [9.17, 15) is 22.8 Å². The van der Waals surface area contributed by atoms with Crippen LogP contribution in [-0.2, 0) is 41.7 Å². The summed E-state index contributed by atoms with van der Waals surface area (Å²) in [4.78, 5) is 36.4. The van der Waals surface area contributed by atoms with E-state index in [2.05, 4.69) is 4.98 Å². The second kappa shape index (κ2) is 14.9. The number of pyridine rings is 1. The van der Waals surface area contributed by atoms with E-state index in [0.717, 1.165) is 45.6 Å². The average molecular weight is 680 g/mol. The second-order valence-electron chi connectivity index (χ2n) is 11.9. The van der Waals surface area contributed by atoms with Gasteiger partial charge in [-0.1, -0.05) is 96.5 Å². The molecule has 248 valence electrons. The molecule has 0 spiro atoms. The van der Waals surface area contributed by atoms with Crippen molar-refractivity contribution < 1.29 is 22.8 Å². The van der Waals surface area contributed by atoms with Gasteiger partial charge in [-0.05, 0) is 70.6 Å². The van der Waals surface area contributed by atoms with Crippen molar-refractivity contribution in [1.29, 1.82) is 0 Å². The number of carbonyl (C=O) groups excluding carboxylic acids is 2. The largest absolute Gasteiger partial charge is 0.416 e. The highest BCUT2D eigenvalue weighted by atomic mass is 35.5. The van der Waals surface area contributed by atoms with Gasteiger partial charge in [-0.2, -0.15) is 13.2 Å². The zero-order valence-electron chi connectivity index (χ0n) is 26.5. The van der Waals surface area contributed by atoms with Crippen LogP contribution in [0.4, 0.5) is 13.2 Å². The standard InChI is InChI=1S/C40H33ClF3N3O2/c41-35-10-6-9-32-27-46(24-22-34(32)35)39(49)37(25-29-7-2-1-3-8-29)47(26-30-12-17-31(18-13-30)36-11-4-5-23-45-36)38(48)21-16-28-14-19-33(20-15-28)40(42,43)44/h1-21,23,37H,22,24-27H2/t37-/m0/s1. The highest BCUT2D eigenvalue weighted by Crippen LogP contribution is 2.30. The number of halogens is 4. The van der Waals surface area contributed by atoms with Crippen molar-refractivity contribution in [3.63, 3.8) is 0 Å². The number of carbonyl (C=O) groups is 2. The van der Waals surface area contributed by atoms with Crippen LogP contribution in [0.15, 0.2) is 128 Å². The molecule has 1 atom stereocenters. The van der Waals surface area contributed by atoms with Crippen LogP contribution >= 0.6 is 11.6 Å². The molecule has 2 heterocycles. The molecule has 4 aromatic carbocycles. The molecule has 0 unspecified atom stereocenters. The molecular weight excluding hydrogens is 647 g/mol. The molecule has 0 aliphatic carbocycles. The van der Waals surface area contributed by atoms with E-state index in [1.165, 1.54) is 24.3 Å². The Morgan fingerprint density at radius 3 is 2.29 bits per heavy atom. The highest BCUT2D eigenvalue weighted by molar-refractivity contribution is 6.31. The molecule has 6 rings (SSSR count). The van der Waals surface area contributed by atoms with Crippen LogP contribution in [0.25, 0.3) is 17.3 Å². The minimum absolute atomic E-state index is 0.123. The summed E-state index contributed by atoms with van der Waals surface area (Å²) in [5.41, 5.74) is 5.05. The molecule has 49 heavy (non-hydrogen) atoms. The number of alkyl halides is 3. The average Bonchev–Trinajstić information content (AvgIpc) is 3.12. The van der Waals surface area contributed by atoms with E-state index in [0.29, 0.717) is 30.1 Å². The van der Waals surface area contributed by atoms with Crippen LogP contribution in [0.2, 0.25) is 5.02 Å². The maximum atomic E-state index is 14.5. The zero-order chi connectivity index (χ0) is 34.4. The van der Waals surface area contributed by atoms with E-state index in [1.807, 2.05) is 91.0 Å². The quantitative estimate of drug-likeness (QED) is 0.147.